The van der Waals surface area contributed by atoms with E-state index in [-0.39, 0.29) is 36.7 Å². The summed E-state index contributed by atoms with van der Waals surface area (Å²) in [6.07, 6.45) is 0.218. The Bertz CT molecular complexity index is 1120. The van der Waals surface area contributed by atoms with Crippen LogP contribution in [-0.2, 0) is 32.0 Å². The third-order valence-electron chi connectivity index (χ3n) is 5.88. The Morgan fingerprint density at radius 1 is 0.718 bits per heavy atom. The Morgan fingerprint density at radius 2 is 1.15 bits per heavy atom. The van der Waals surface area contributed by atoms with Crippen molar-refractivity contribution >= 4 is 23.7 Å². The molecule has 3 amide bonds. The van der Waals surface area contributed by atoms with Gasteiger partial charge in [0.15, 0.2) is 0 Å². The van der Waals surface area contributed by atoms with Crippen LogP contribution in [0.1, 0.15) is 31.4 Å². The molecule has 2 aromatic carbocycles. The number of rotatable bonds is 14. The summed E-state index contributed by atoms with van der Waals surface area (Å²) in [5, 5.41) is 45.5. The van der Waals surface area contributed by atoms with Crippen LogP contribution >= 0.6 is 0 Å². The molecule has 2 rings (SSSR count). The minimum Gasteiger partial charge on any atom is -0.508 e. The lowest BCUT2D eigenvalue weighted by atomic mass is 10.0. The van der Waals surface area contributed by atoms with Crippen LogP contribution in [0.3, 0.4) is 0 Å². The van der Waals surface area contributed by atoms with E-state index in [1.807, 2.05) is 13.8 Å². The van der Waals surface area contributed by atoms with E-state index in [1.165, 1.54) is 36.4 Å². The van der Waals surface area contributed by atoms with Gasteiger partial charge in [-0.25, -0.2) is 4.79 Å². The third-order valence-corrected chi connectivity index (χ3v) is 5.88. The first-order valence-electron chi connectivity index (χ1n) is 12.5. The first-order valence-corrected chi connectivity index (χ1v) is 12.5. The van der Waals surface area contributed by atoms with Crippen molar-refractivity contribution in [3.63, 3.8) is 0 Å². The summed E-state index contributed by atoms with van der Waals surface area (Å²) < 4.78 is 0. The number of aliphatic hydroxyl groups excluding tert-OH is 1. The van der Waals surface area contributed by atoms with Crippen molar-refractivity contribution < 1.29 is 39.6 Å². The normalized spacial score (nSPS) is 14.1. The number of phenolic OH excluding ortho intramolecular Hbond substituents is 2. The lowest BCUT2D eigenvalue weighted by molar-refractivity contribution is -0.142. The smallest absolute Gasteiger partial charge is 0.326 e. The quantitative estimate of drug-likeness (QED) is 0.158. The zero-order valence-corrected chi connectivity index (χ0v) is 21.8. The summed E-state index contributed by atoms with van der Waals surface area (Å²) in [6, 6.07) is 7.05. The minimum atomic E-state index is -1.40. The van der Waals surface area contributed by atoms with Crippen LogP contribution in [0.5, 0.6) is 11.5 Å². The largest absolute Gasteiger partial charge is 0.508 e. The van der Waals surface area contributed by atoms with E-state index in [1.54, 1.807) is 12.1 Å². The Balaban J connectivity index is 2.05. The van der Waals surface area contributed by atoms with Gasteiger partial charge in [-0.3, -0.25) is 14.4 Å². The van der Waals surface area contributed by atoms with Crippen molar-refractivity contribution in [1.82, 2.24) is 16.0 Å². The summed E-state index contributed by atoms with van der Waals surface area (Å²) in [5.41, 5.74) is 7.18. The fraction of sp³-hybridized carbons (Fsp3) is 0.407. The van der Waals surface area contributed by atoms with Crippen molar-refractivity contribution in [1.29, 1.82) is 0 Å². The molecular weight excluding hydrogens is 508 g/mol. The maximum atomic E-state index is 13.0. The van der Waals surface area contributed by atoms with Crippen molar-refractivity contribution in [3.8, 4) is 11.5 Å². The average Bonchev–Trinajstić information content (AvgIpc) is 2.88. The van der Waals surface area contributed by atoms with Crippen molar-refractivity contribution in [2.24, 2.45) is 11.7 Å². The van der Waals surface area contributed by atoms with E-state index >= 15 is 0 Å². The molecule has 0 fully saturated rings. The highest BCUT2D eigenvalue weighted by Crippen LogP contribution is 2.13. The van der Waals surface area contributed by atoms with E-state index in [2.05, 4.69) is 16.0 Å². The monoisotopic (exact) mass is 544 g/mol. The summed E-state index contributed by atoms with van der Waals surface area (Å²) in [4.78, 5) is 50.3. The summed E-state index contributed by atoms with van der Waals surface area (Å²) >= 11 is 0. The van der Waals surface area contributed by atoms with E-state index in [4.69, 9.17) is 5.73 Å². The van der Waals surface area contributed by atoms with Gasteiger partial charge in [-0.15, -0.1) is 0 Å². The molecule has 0 heterocycles. The molecule has 12 nitrogen and oxygen atoms in total. The number of aliphatic carboxylic acids is 1. The zero-order chi connectivity index (χ0) is 29.1. The topological polar surface area (TPSA) is 211 Å². The number of hydrogen-bond donors (Lipinski definition) is 8. The third kappa shape index (κ3) is 10.3. The second-order valence-electron chi connectivity index (χ2n) is 9.68. The lowest BCUT2D eigenvalue weighted by Crippen LogP contribution is -2.58. The van der Waals surface area contributed by atoms with Crippen LogP contribution in [0.25, 0.3) is 0 Å². The van der Waals surface area contributed by atoms with Gasteiger partial charge in [0, 0.05) is 6.42 Å². The Hall–Kier alpha value is -4.16. The van der Waals surface area contributed by atoms with Gasteiger partial charge < -0.3 is 42.1 Å². The molecule has 2 aromatic rings. The Labute approximate surface area is 226 Å². The van der Waals surface area contributed by atoms with Gasteiger partial charge in [0.25, 0.3) is 0 Å². The standard InChI is InChI=1S/C27H36N4O8/c1-15(2)11-21(25(36)30-22(27(38)39)13-17-5-9-19(34)10-6-17)29-26(37)23(14-32)31-24(35)20(28)12-16-3-7-18(33)8-4-16/h3-10,15,20-23,32-34H,11-14,28H2,1-2H3,(H,29,37)(H,30,36)(H,31,35)(H,38,39). The lowest BCUT2D eigenvalue weighted by Gasteiger charge is -2.25. The second-order valence-corrected chi connectivity index (χ2v) is 9.68. The molecule has 0 aliphatic rings. The van der Waals surface area contributed by atoms with Gasteiger partial charge >= 0.3 is 5.97 Å². The number of hydrogen-bond acceptors (Lipinski definition) is 8. The van der Waals surface area contributed by atoms with Crippen LogP contribution < -0.4 is 21.7 Å². The number of nitrogens with one attached hydrogen (secondary N) is 3. The molecule has 0 radical (unpaired) electrons. The second kappa shape index (κ2) is 14.7. The fourth-order valence-electron chi connectivity index (χ4n) is 3.77. The average molecular weight is 545 g/mol. The van der Waals surface area contributed by atoms with Gasteiger partial charge in [-0.1, -0.05) is 38.1 Å². The van der Waals surface area contributed by atoms with E-state index in [9.17, 15) is 39.6 Å². The van der Waals surface area contributed by atoms with Crippen LogP contribution in [-0.4, -0.2) is 74.9 Å². The maximum absolute atomic E-state index is 13.0. The highest BCUT2D eigenvalue weighted by Gasteiger charge is 2.30. The molecule has 0 spiro atoms. The molecule has 9 N–H and O–H groups in total. The number of benzene rings is 2. The van der Waals surface area contributed by atoms with Crippen molar-refractivity contribution in [2.75, 3.05) is 6.61 Å². The zero-order valence-electron chi connectivity index (χ0n) is 21.8. The van der Waals surface area contributed by atoms with Gasteiger partial charge in [0.2, 0.25) is 17.7 Å². The number of phenols is 2. The number of aliphatic hydroxyl groups is 1. The van der Waals surface area contributed by atoms with E-state index < -0.39 is 54.5 Å². The van der Waals surface area contributed by atoms with Crippen LogP contribution in [0.2, 0.25) is 0 Å². The molecule has 0 bridgehead atoms. The number of carboxylic acid groups (broad SMARTS) is 1. The summed E-state index contributed by atoms with van der Waals surface area (Å²) in [6.45, 7) is 2.86. The van der Waals surface area contributed by atoms with Gasteiger partial charge in [0.05, 0.1) is 12.6 Å². The molecule has 4 atom stereocenters. The SMILES string of the molecule is CC(C)CC(NC(=O)C(CO)NC(=O)C(N)Cc1ccc(O)cc1)C(=O)NC(Cc1ccc(O)cc1)C(=O)O. The molecule has 212 valence electrons. The molecule has 39 heavy (non-hydrogen) atoms. The highest BCUT2D eigenvalue weighted by atomic mass is 16.4. The molecule has 4 unspecified atom stereocenters. The predicted molar refractivity (Wildman–Crippen MR) is 142 cm³/mol. The number of carbonyl (C=O) groups is 4. The maximum Gasteiger partial charge on any atom is 0.326 e. The van der Waals surface area contributed by atoms with E-state index in [0.29, 0.717) is 11.1 Å². The fourth-order valence-corrected chi connectivity index (χ4v) is 3.77. The van der Waals surface area contributed by atoms with Crippen molar-refractivity contribution in [2.45, 2.75) is 57.3 Å². The van der Waals surface area contributed by atoms with Gasteiger partial charge in [-0.2, -0.15) is 0 Å². The number of carboxylic acids is 1. The molecule has 12 heteroatoms. The number of amides is 3. The van der Waals surface area contributed by atoms with Crippen LogP contribution in [0.15, 0.2) is 48.5 Å². The van der Waals surface area contributed by atoms with Gasteiger partial charge in [-0.05, 0) is 54.2 Å². The van der Waals surface area contributed by atoms with Gasteiger partial charge in [0.1, 0.15) is 29.6 Å². The summed E-state index contributed by atoms with van der Waals surface area (Å²) in [5.74, 6) is -3.56. The number of aromatic hydroxyl groups is 2. The molecule has 0 aliphatic carbocycles. The first kappa shape index (κ1) is 31.1. The Morgan fingerprint density at radius 3 is 1.62 bits per heavy atom. The molecule has 0 aliphatic heterocycles. The van der Waals surface area contributed by atoms with Crippen LogP contribution in [0.4, 0.5) is 0 Å². The van der Waals surface area contributed by atoms with E-state index in [0.717, 1.165) is 0 Å². The molecule has 0 saturated heterocycles. The predicted octanol–water partition coefficient (Wildman–Crippen LogP) is -0.212. The Kier molecular flexibility index (Phi) is 11.7. The molecule has 0 aromatic heterocycles. The molecular formula is C27H36N4O8. The number of nitrogens with two attached hydrogens (primary N) is 1. The highest BCUT2D eigenvalue weighted by molar-refractivity contribution is 5.94. The number of carbonyl (C=O) groups excluding carboxylic acids is 3. The minimum absolute atomic E-state index is 0.0150. The first-order chi connectivity index (χ1) is 18.4. The summed E-state index contributed by atoms with van der Waals surface area (Å²) in [7, 11) is 0. The molecule has 0 saturated carbocycles. The van der Waals surface area contributed by atoms with Crippen molar-refractivity contribution in [3.05, 3.63) is 59.7 Å². The van der Waals surface area contributed by atoms with Crippen LogP contribution in [0, 0.1) is 5.92 Å².